The maximum absolute atomic E-state index is 8.64. The molecular formula is C15H22N4O. The second kappa shape index (κ2) is 5.81. The summed E-state index contributed by atoms with van der Waals surface area (Å²) in [5, 5.41) is 11.7. The SMILES string of the molecule is NC(=NO)c1ccc(CN2CCN(C3CC3)CC2)cc1. The van der Waals surface area contributed by atoms with Crippen molar-refractivity contribution in [2.75, 3.05) is 26.2 Å². The van der Waals surface area contributed by atoms with Gasteiger partial charge in [-0.2, -0.15) is 0 Å². The van der Waals surface area contributed by atoms with E-state index in [1.807, 2.05) is 12.1 Å². The van der Waals surface area contributed by atoms with E-state index >= 15 is 0 Å². The number of amidine groups is 1. The summed E-state index contributed by atoms with van der Waals surface area (Å²) in [7, 11) is 0. The first kappa shape index (κ1) is 13.4. The highest BCUT2D eigenvalue weighted by atomic mass is 16.4. The Bertz CT molecular complexity index is 473. The van der Waals surface area contributed by atoms with Crippen LogP contribution in [0.2, 0.25) is 0 Å². The van der Waals surface area contributed by atoms with Crippen molar-refractivity contribution in [2.45, 2.75) is 25.4 Å². The fraction of sp³-hybridized carbons (Fsp3) is 0.533. The highest BCUT2D eigenvalue weighted by Gasteiger charge is 2.30. The monoisotopic (exact) mass is 274 g/mol. The van der Waals surface area contributed by atoms with Crippen LogP contribution in [0.1, 0.15) is 24.0 Å². The lowest BCUT2D eigenvalue weighted by atomic mass is 10.1. The molecule has 2 fully saturated rings. The summed E-state index contributed by atoms with van der Waals surface area (Å²) in [5.74, 6) is 0.162. The van der Waals surface area contributed by atoms with E-state index in [2.05, 4.69) is 27.1 Å². The second-order valence-corrected chi connectivity index (χ2v) is 5.73. The van der Waals surface area contributed by atoms with Crippen LogP contribution in [0, 0.1) is 0 Å². The highest BCUT2D eigenvalue weighted by molar-refractivity contribution is 5.96. The lowest BCUT2D eigenvalue weighted by Crippen LogP contribution is -2.46. The van der Waals surface area contributed by atoms with Gasteiger partial charge >= 0.3 is 0 Å². The van der Waals surface area contributed by atoms with Crippen molar-refractivity contribution >= 4 is 5.84 Å². The summed E-state index contributed by atoms with van der Waals surface area (Å²) < 4.78 is 0. The minimum atomic E-state index is 0.162. The van der Waals surface area contributed by atoms with Crippen molar-refractivity contribution < 1.29 is 5.21 Å². The summed E-state index contributed by atoms with van der Waals surface area (Å²) in [6, 6.07) is 8.81. The zero-order valence-electron chi connectivity index (χ0n) is 11.7. The molecule has 1 heterocycles. The first-order chi connectivity index (χ1) is 9.76. The molecule has 2 aliphatic rings. The molecule has 1 aliphatic carbocycles. The van der Waals surface area contributed by atoms with Crippen molar-refractivity contribution in [2.24, 2.45) is 10.9 Å². The van der Waals surface area contributed by atoms with Crippen LogP contribution in [0.3, 0.4) is 0 Å². The minimum absolute atomic E-state index is 0.162. The zero-order chi connectivity index (χ0) is 13.9. The molecule has 3 N–H and O–H groups in total. The summed E-state index contributed by atoms with van der Waals surface area (Å²) in [6.07, 6.45) is 2.80. The molecule has 1 saturated heterocycles. The molecule has 0 unspecified atom stereocenters. The van der Waals surface area contributed by atoms with Crippen molar-refractivity contribution in [1.82, 2.24) is 9.80 Å². The van der Waals surface area contributed by atoms with Gasteiger partial charge in [0.05, 0.1) is 0 Å². The summed E-state index contributed by atoms with van der Waals surface area (Å²) in [4.78, 5) is 5.12. The Balaban J connectivity index is 1.53. The van der Waals surface area contributed by atoms with E-state index in [-0.39, 0.29) is 5.84 Å². The van der Waals surface area contributed by atoms with Crippen LogP contribution in [-0.2, 0) is 6.54 Å². The Morgan fingerprint density at radius 3 is 2.35 bits per heavy atom. The van der Waals surface area contributed by atoms with Crippen molar-refractivity contribution in [3.8, 4) is 0 Å². The van der Waals surface area contributed by atoms with E-state index in [9.17, 15) is 0 Å². The number of hydrogen-bond acceptors (Lipinski definition) is 4. The van der Waals surface area contributed by atoms with Gasteiger partial charge in [-0.3, -0.25) is 9.80 Å². The Morgan fingerprint density at radius 2 is 1.80 bits per heavy atom. The molecule has 0 aromatic heterocycles. The van der Waals surface area contributed by atoms with Crippen LogP contribution in [0.4, 0.5) is 0 Å². The van der Waals surface area contributed by atoms with E-state index < -0.39 is 0 Å². The standard InChI is InChI=1S/C15H22N4O/c16-15(17-20)13-3-1-12(2-4-13)11-18-7-9-19(10-8-18)14-5-6-14/h1-4,14,20H,5-11H2,(H2,16,17). The molecule has 3 rings (SSSR count). The second-order valence-electron chi connectivity index (χ2n) is 5.73. The normalized spacial score (nSPS) is 22.1. The molecule has 20 heavy (non-hydrogen) atoms. The van der Waals surface area contributed by atoms with E-state index in [1.165, 1.54) is 31.5 Å². The Morgan fingerprint density at radius 1 is 1.15 bits per heavy atom. The summed E-state index contributed by atoms with van der Waals surface area (Å²) in [6.45, 7) is 5.69. The largest absolute Gasteiger partial charge is 0.409 e. The average Bonchev–Trinajstić information content (AvgIpc) is 3.33. The molecule has 5 heteroatoms. The summed E-state index contributed by atoms with van der Waals surface area (Å²) >= 11 is 0. The number of nitrogens with two attached hydrogens (primary N) is 1. The van der Waals surface area contributed by atoms with Gasteiger partial charge in [0.25, 0.3) is 0 Å². The lowest BCUT2D eigenvalue weighted by Gasteiger charge is -2.34. The van der Waals surface area contributed by atoms with Crippen LogP contribution >= 0.6 is 0 Å². The summed E-state index contributed by atoms with van der Waals surface area (Å²) in [5.41, 5.74) is 7.60. The van der Waals surface area contributed by atoms with Crippen molar-refractivity contribution in [1.29, 1.82) is 0 Å². The Kier molecular flexibility index (Phi) is 3.89. The first-order valence-electron chi connectivity index (χ1n) is 7.29. The van der Waals surface area contributed by atoms with Gasteiger partial charge in [-0.1, -0.05) is 29.4 Å². The average molecular weight is 274 g/mol. The van der Waals surface area contributed by atoms with Gasteiger partial charge in [-0.25, -0.2) is 0 Å². The van der Waals surface area contributed by atoms with Crippen LogP contribution in [0.5, 0.6) is 0 Å². The highest BCUT2D eigenvalue weighted by Crippen LogP contribution is 2.27. The van der Waals surface area contributed by atoms with Crippen molar-refractivity contribution in [3.05, 3.63) is 35.4 Å². The quantitative estimate of drug-likeness (QED) is 0.373. The Labute approximate surface area is 119 Å². The van der Waals surface area contributed by atoms with Gasteiger partial charge in [0.15, 0.2) is 5.84 Å². The number of rotatable bonds is 4. The molecule has 0 spiro atoms. The third kappa shape index (κ3) is 3.11. The first-order valence-corrected chi connectivity index (χ1v) is 7.29. The maximum atomic E-state index is 8.64. The number of oxime groups is 1. The van der Waals surface area contributed by atoms with Gasteiger partial charge in [0, 0.05) is 44.3 Å². The molecule has 1 aromatic carbocycles. The number of nitrogens with zero attached hydrogens (tertiary/aromatic N) is 3. The molecule has 1 aromatic rings. The van der Waals surface area contributed by atoms with E-state index in [1.54, 1.807) is 0 Å². The van der Waals surface area contributed by atoms with Crippen LogP contribution in [-0.4, -0.2) is 53.1 Å². The number of piperazine rings is 1. The molecule has 5 nitrogen and oxygen atoms in total. The van der Waals surface area contributed by atoms with E-state index in [4.69, 9.17) is 10.9 Å². The number of benzene rings is 1. The third-order valence-electron chi connectivity index (χ3n) is 4.23. The van der Waals surface area contributed by atoms with Gasteiger partial charge in [0.1, 0.15) is 0 Å². The lowest BCUT2D eigenvalue weighted by molar-refractivity contribution is 0.121. The molecule has 1 saturated carbocycles. The van der Waals surface area contributed by atoms with E-state index in [0.29, 0.717) is 0 Å². The van der Waals surface area contributed by atoms with Gasteiger partial charge < -0.3 is 10.9 Å². The number of hydrogen-bond donors (Lipinski definition) is 2. The van der Waals surface area contributed by atoms with Crippen LogP contribution < -0.4 is 5.73 Å². The molecule has 0 atom stereocenters. The van der Waals surface area contributed by atoms with Crippen LogP contribution in [0.25, 0.3) is 0 Å². The molecule has 1 aliphatic heterocycles. The molecule has 0 amide bonds. The smallest absolute Gasteiger partial charge is 0.170 e. The molecule has 0 radical (unpaired) electrons. The van der Waals surface area contributed by atoms with Gasteiger partial charge in [-0.05, 0) is 18.4 Å². The van der Waals surface area contributed by atoms with E-state index in [0.717, 1.165) is 31.2 Å². The third-order valence-corrected chi connectivity index (χ3v) is 4.23. The maximum Gasteiger partial charge on any atom is 0.170 e. The molecule has 108 valence electrons. The van der Waals surface area contributed by atoms with Crippen LogP contribution in [0.15, 0.2) is 29.4 Å². The zero-order valence-corrected chi connectivity index (χ0v) is 11.7. The minimum Gasteiger partial charge on any atom is -0.409 e. The predicted molar refractivity (Wildman–Crippen MR) is 78.8 cm³/mol. The molecule has 0 bridgehead atoms. The van der Waals surface area contributed by atoms with Gasteiger partial charge in [0.2, 0.25) is 0 Å². The topological polar surface area (TPSA) is 65.1 Å². The fourth-order valence-corrected chi connectivity index (χ4v) is 2.82. The van der Waals surface area contributed by atoms with Crippen molar-refractivity contribution in [3.63, 3.8) is 0 Å². The fourth-order valence-electron chi connectivity index (χ4n) is 2.82. The van der Waals surface area contributed by atoms with Gasteiger partial charge in [-0.15, -0.1) is 0 Å². The molecular weight excluding hydrogens is 252 g/mol. The Hall–Kier alpha value is -1.59. The predicted octanol–water partition coefficient (Wildman–Crippen LogP) is 1.06.